The molecule has 3 N–H and O–H groups in total. The molecule has 5 nitrogen and oxygen atoms in total. The minimum Gasteiger partial charge on any atom is -0.444 e. The van der Waals surface area contributed by atoms with Crippen molar-refractivity contribution >= 4 is 6.09 Å². The molecule has 2 atom stereocenters. The third-order valence-corrected chi connectivity index (χ3v) is 2.74. The van der Waals surface area contributed by atoms with E-state index in [1.165, 1.54) is 4.90 Å². The highest BCUT2D eigenvalue weighted by Crippen LogP contribution is 2.16. The Morgan fingerprint density at radius 1 is 1.29 bits per heavy atom. The van der Waals surface area contributed by atoms with Gasteiger partial charge in [-0.05, 0) is 33.3 Å². The van der Waals surface area contributed by atoms with Gasteiger partial charge in [0.1, 0.15) is 5.60 Å². The first-order valence-corrected chi connectivity index (χ1v) is 7.15. The molecule has 0 spiro atoms. The summed E-state index contributed by atoms with van der Waals surface area (Å²) in [4.78, 5) is 13.7. The van der Waals surface area contributed by atoms with E-state index >= 15 is 0 Å². The summed E-state index contributed by atoms with van der Waals surface area (Å²) in [5, 5.41) is 10.3. The van der Waals surface area contributed by atoms with Gasteiger partial charge in [0.15, 0.2) is 0 Å². The van der Waals surface area contributed by atoms with E-state index in [4.69, 9.17) is 10.5 Å². The minimum atomic E-state index is -0.766. The van der Waals surface area contributed by atoms with Gasteiger partial charge in [-0.15, -0.1) is 0 Å². The smallest absolute Gasteiger partial charge is 0.410 e. The van der Waals surface area contributed by atoms with E-state index in [-0.39, 0.29) is 12.6 Å². The van der Waals surface area contributed by atoms with Crippen LogP contribution in [0.5, 0.6) is 0 Å². The van der Waals surface area contributed by atoms with Crippen molar-refractivity contribution in [2.75, 3.05) is 13.1 Å². The van der Waals surface area contributed by atoms with Crippen LogP contribution in [0.2, 0.25) is 0 Å². The average molecular weight is 294 g/mol. The molecule has 0 aromatic heterocycles. The number of nitrogens with zero attached hydrogens (tertiary/aromatic N) is 1. The molecule has 0 heterocycles. The number of benzene rings is 1. The second-order valence-electron chi connectivity index (χ2n) is 6.29. The van der Waals surface area contributed by atoms with Gasteiger partial charge in [0.25, 0.3) is 0 Å². The molecule has 0 radical (unpaired) electrons. The van der Waals surface area contributed by atoms with Crippen molar-refractivity contribution in [1.29, 1.82) is 0 Å². The maximum absolute atomic E-state index is 12.2. The Morgan fingerprint density at radius 3 is 2.33 bits per heavy atom. The van der Waals surface area contributed by atoms with Crippen LogP contribution >= 0.6 is 0 Å². The first kappa shape index (κ1) is 17.5. The van der Waals surface area contributed by atoms with E-state index < -0.39 is 17.8 Å². The third kappa shape index (κ3) is 6.60. The van der Waals surface area contributed by atoms with Crippen LogP contribution in [0.1, 0.15) is 39.4 Å². The van der Waals surface area contributed by atoms with Gasteiger partial charge in [-0.3, -0.25) is 0 Å². The lowest BCUT2D eigenvalue weighted by Crippen LogP contribution is -2.44. The Balaban J connectivity index is 2.76. The molecule has 0 aliphatic heterocycles. The Bertz CT molecular complexity index is 441. The third-order valence-electron chi connectivity index (χ3n) is 2.74. The highest BCUT2D eigenvalue weighted by atomic mass is 16.6. The Hall–Kier alpha value is -1.59. The maximum Gasteiger partial charge on any atom is 0.410 e. The molecule has 118 valence electrons. The van der Waals surface area contributed by atoms with Gasteiger partial charge in [-0.25, -0.2) is 4.79 Å². The molecule has 1 aromatic rings. The van der Waals surface area contributed by atoms with Crippen molar-refractivity contribution in [3.05, 3.63) is 35.9 Å². The molecule has 1 amide bonds. The van der Waals surface area contributed by atoms with E-state index in [0.29, 0.717) is 6.54 Å². The topological polar surface area (TPSA) is 75.8 Å². The number of carbonyl (C=O) groups excluding carboxylic acids is 1. The van der Waals surface area contributed by atoms with Crippen molar-refractivity contribution in [2.45, 2.75) is 45.4 Å². The molecule has 5 heteroatoms. The van der Waals surface area contributed by atoms with Gasteiger partial charge in [-0.2, -0.15) is 0 Å². The summed E-state index contributed by atoms with van der Waals surface area (Å²) in [5.41, 5.74) is 5.96. The zero-order chi connectivity index (χ0) is 16.0. The zero-order valence-electron chi connectivity index (χ0n) is 13.2. The lowest BCUT2D eigenvalue weighted by Gasteiger charge is -2.30. The first-order valence-electron chi connectivity index (χ1n) is 7.15. The van der Waals surface area contributed by atoms with E-state index in [0.717, 1.165) is 5.56 Å². The zero-order valence-corrected chi connectivity index (χ0v) is 13.2. The van der Waals surface area contributed by atoms with E-state index in [1.807, 2.05) is 58.0 Å². The Kier molecular flexibility index (Phi) is 6.18. The monoisotopic (exact) mass is 294 g/mol. The van der Waals surface area contributed by atoms with Gasteiger partial charge in [0, 0.05) is 12.6 Å². The van der Waals surface area contributed by atoms with Crippen LogP contribution in [0, 0.1) is 0 Å². The molecule has 1 aromatic carbocycles. The van der Waals surface area contributed by atoms with Crippen molar-refractivity contribution in [3.63, 3.8) is 0 Å². The highest BCUT2D eigenvalue weighted by molar-refractivity contribution is 5.68. The SMILES string of the molecule is C[C@@H](N)CN(C[C@@H](O)c1ccccc1)C(=O)OC(C)(C)C. The minimum absolute atomic E-state index is 0.153. The van der Waals surface area contributed by atoms with Crippen LogP contribution in [0.15, 0.2) is 30.3 Å². The van der Waals surface area contributed by atoms with Gasteiger partial charge in [0.2, 0.25) is 0 Å². The van der Waals surface area contributed by atoms with Crippen LogP contribution in [0.4, 0.5) is 4.79 Å². The molecular formula is C16H26N2O3. The lowest BCUT2D eigenvalue weighted by atomic mass is 10.1. The van der Waals surface area contributed by atoms with E-state index in [1.54, 1.807) is 0 Å². The normalized spacial score (nSPS) is 14.4. The molecule has 0 saturated heterocycles. The average Bonchev–Trinajstić information content (AvgIpc) is 2.36. The second kappa shape index (κ2) is 7.43. The number of aliphatic hydroxyl groups excluding tert-OH is 1. The largest absolute Gasteiger partial charge is 0.444 e. The molecule has 0 saturated carbocycles. The van der Waals surface area contributed by atoms with Crippen molar-refractivity contribution < 1.29 is 14.6 Å². The fraction of sp³-hybridized carbons (Fsp3) is 0.562. The highest BCUT2D eigenvalue weighted by Gasteiger charge is 2.25. The molecule has 0 unspecified atom stereocenters. The predicted molar refractivity (Wildman–Crippen MR) is 82.9 cm³/mol. The fourth-order valence-electron chi connectivity index (χ4n) is 1.89. The number of amides is 1. The van der Waals surface area contributed by atoms with Gasteiger partial charge in [0.05, 0.1) is 12.6 Å². The van der Waals surface area contributed by atoms with Gasteiger partial charge < -0.3 is 20.5 Å². The summed E-state index contributed by atoms with van der Waals surface area (Å²) in [5.74, 6) is 0. The molecule has 1 rings (SSSR count). The van der Waals surface area contributed by atoms with Crippen LogP contribution in [0.3, 0.4) is 0 Å². The van der Waals surface area contributed by atoms with Crippen LogP contribution in [0.25, 0.3) is 0 Å². The number of rotatable bonds is 5. The molecule has 0 fully saturated rings. The van der Waals surface area contributed by atoms with Crippen LogP contribution in [-0.4, -0.2) is 40.8 Å². The van der Waals surface area contributed by atoms with Crippen molar-refractivity contribution in [3.8, 4) is 0 Å². The number of hydrogen-bond acceptors (Lipinski definition) is 4. The van der Waals surface area contributed by atoms with Gasteiger partial charge >= 0.3 is 6.09 Å². The molecule has 21 heavy (non-hydrogen) atoms. The predicted octanol–water partition coefficient (Wildman–Crippen LogP) is 2.30. The lowest BCUT2D eigenvalue weighted by molar-refractivity contribution is 0.0134. The summed E-state index contributed by atoms with van der Waals surface area (Å²) >= 11 is 0. The van der Waals surface area contributed by atoms with E-state index in [2.05, 4.69) is 0 Å². The number of ether oxygens (including phenoxy) is 1. The first-order chi connectivity index (χ1) is 9.69. The summed E-state index contributed by atoms with van der Waals surface area (Å²) in [6.07, 6.45) is -1.23. The summed E-state index contributed by atoms with van der Waals surface area (Å²) in [7, 11) is 0. The fourth-order valence-corrected chi connectivity index (χ4v) is 1.89. The number of hydrogen-bond donors (Lipinski definition) is 2. The molecule has 0 bridgehead atoms. The standard InChI is InChI=1S/C16H26N2O3/c1-12(17)10-18(15(20)21-16(2,3)4)11-14(19)13-8-6-5-7-9-13/h5-9,12,14,19H,10-11,17H2,1-4H3/t12-,14-/m1/s1. The number of carbonyl (C=O) groups is 1. The van der Waals surface area contributed by atoms with E-state index in [9.17, 15) is 9.90 Å². The van der Waals surface area contributed by atoms with Crippen LogP contribution in [-0.2, 0) is 4.74 Å². The van der Waals surface area contributed by atoms with Gasteiger partial charge in [-0.1, -0.05) is 30.3 Å². The second-order valence-corrected chi connectivity index (χ2v) is 6.29. The van der Waals surface area contributed by atoms with Crippen LogP contribution < -0.4 is 5.73 Å². The summed E-state index contributed by atoms with van der Waals surface area (Å²) in [6.45, 7) is 7.72. The Morgan fingerprint density at radius 2 is 1.86 bits per heavy atom. The molecule has 0 aliphatic rings. The summed E-state index contributed by atoms with van der Waals surface area (Å²) < 4.78 is 5.36. The molecule has 0 aliphatic carbocycles. The Labute approximate surface area is 126 Å². The number of nitrogens with two attached hydrogens (primary N) is 1. The quantitative estimate of drug-likeness (QED) is 0.873. The molecular weight excluding hydrogens is 268 g/mol. The maximum atomic E-state index is 12.2. The van der Waals surface area contributed by atoms with Crippen molar-refractivity contribution in [1.82, 2.24) is 4.90 Å². The summed E-state index contributed by atoms with van der Waals surface area (Å²) in [6, 6.07) is 9.03. The van der Waals surface area contributed by atoms with Crippen molar-refractivity contribution in [2.24, 2.45) is 5.73 Å². The number of aliphatic hydroxyl groups is 1.